The van der Waals surface area contributed by atoms with Crippen LogP contribution in [0.2, 0.25) is 0 Å². The first-order valence-electron chi connectivity index (χ1n) is 7.89. The molecule has 0 aromatic heterocycles. The Morgan fingerprint density at radius 1 is 0.955 bits per heavy atom. The summed E-state index contributed by atoms with van der Waals surface area (Å²) < 4.78 is 11.5. The van der Waals surface area contributed by atoms with Gasteiger partial charge in [0.15, 0.2) is 0 Å². The Hall–Kier alpha value is -1.84. The lowest BCUT2D eigenvalue weighted by atomic mass is 10.1. The fourth-order valence-electron chi connectivity index (χ4n) is 2.39. The third kappa shape index (κ3) is 5.51. The molecule has 3 nitrogen and oxygen atoms in total. The highest BCUT2D eigenvalue weighted by atomic mass is 16.5. The van der Waals surface area contributed by atoms with Crippen molar-refractivity contribution in [3.05, 3.63) is 65.7 Å². The van der Waals surface area contributed by atoms with Gasteiger partial charge in [-0.3, -0.25) is 0 Å². The second-order valence-corrected chi connectivity index (χ2v) is 5.28. The van der Waals surface area contributed by atoms with Crippen LogP contribution in [0.15, 0.2) is 54.6 Å². The Morgan fingerprint density at radius 2 is 1.68 bits per heavy atom. The molecular formula is C19H25NO2. The van der Waals surface area contributed by atoms with Crippen LogP contribution in [0.1, 0.15) is 24.5 Å². The molecule has 2 aromatic carbocycles. The first-order chi connectivity index (χ1) is 10.8. The van der Waals surface area contributed by atoms with Crippen molar-refractivity contribution in [1.82, 2.24) is 0 Å². The van der Waals surface area contributed by atoms with E-state index in [0.29, 0.717) is 13.2 Å². The highest BCUT2D eigenvalue weighted by Crippen LogP contribution is 2.16. The van der Waals surface area contributed by atoms with Gasteiger partial charge in [-0.1, -0.05) is 42.5 Å². The summed E-state index contributed by atoms with van der Waals surface area (Å²) in [6.45, 7) is 3.99. The van der Waals surface area contributed by atoms with Crippen LogP contribution >= 0.6 is 0 Å². The Bertz CT molecular complexity index is 519. The van der Waals surface area contributed by atoms with Gasteiger partial charge in [-0.2, -0.15) is 0 Å². The summed E-state index contributed by atoms with van der Waals surface area (Å²) in [5.41, 5.74) is 8.05. The average Bonchev–Trinajstić information content (AvgIpc) is 2.56. The predicted molar refractivity (Wildman–Crippen MR) is 90.0 cm³/mol. The van der Waals surface area contributed by atoms with Gasteiger partial charge >= 0.3 is 0 Å². The Morgan fingerprint density at radius 3 is 2.32 bits per heavy atom. The molecule has 0 bridgehead atoms. The summed E-state index contributed by atoms with van der Waals surface area (Å²) in [5, 5.41) is 0. The Kier molecular flexibility index (Phi) is 6.94. The molecule has 0 fully saturated rings. The zero-order chi connectivity index (χ0) is 15.6. The lowest BCUT2D eigenvalue weighted by Crippen LogP contribution is -2.20. The van der Waals surface area contributed by atoms with Crippen molar-refractivity contribution in [2.24, 2.45) is 5.73 Å². The SMILES string of the molecule is CCOC(CCN)Cc1ccc(OCc2ccccc2)cc1. The maximum absolute atomic E-state index is 5.80. The molecule has 0 amide bonds. The lowest BCUT2D eigenvalue weighted by Gasteiger charge is -2.16. The molecule has 118 valence electrons. The molecule has 1 atom stereocenters. The van der Waals surface area contributed by atoms with Gasteiger partial charge < -0.3 is 15.2 Å². The van der Waals surface area contributed by atoms with E-state index in [9.17, 15) is 0 Å². The van der Waals surface area contributed by atoms with Gasteiger partial charge in [-0.15, -0.1) is 0 Å². The van der Waals surface area contributed by atoms with Crippen LogP contribution in [0.25, 0.3) is 0 Å². The summed E-state index contributed by atoms with van der Waals surface area (Å²) in [6, 6.07) is 18.4. The number of hydrogen-bond acceptors (Lipinski definition) is 3. The molecule has 0 spiro atoms. The second kappa shape index (κ2) is 9.23. The van der Waals surface area contributed by atoms with Crippen molar-refractivity contribution in [2.75, 3.05) is 13.2 Å². The topological polar surface area (TPSA) is 44.5 Å². The third-order valence-corrected chi connectivity index (χ3v) is 3.53. The summed E-state index contributed by atoms with van der Waals surface area (Å²) in [6.07, 6.45) is 1.98. The van der Waals surface area contributed by atoms with E-state index in [0.717, 1.165) is 25.2 Å². The zero-order valence-corrected chi connectivity index (χ0v) is 13.2. The smallest absolute Gasteiger partial charge is 0.119 e. The molecule has 0 aliphatic rings. The van der Waals surface area contributed by atoms with Crippen LogP contribution in [-0.4, -0.2) is 19.3 Å². The highest BCUT2D eigenvalue weighted by molar-refractivity contribution is 5.28. The lowest BCUT2D eigenvalue weighted by molar-refractivity contribution is 0.0589. The molecule has 0 aliphatic carbocycles. The van der Waals surface area contributed by atoms with Crippen molar-refractivity contribution in [1.29, 1.82) is 0 Å². The molecule has 0 aliphatic heterocycles. The maximum Gasteiger partial charge on any atom is 0.119 e. The maximum atomic E-state index is 5.80. The van der Waals surface area contributed by atoms with Gasteiger partial charge in [0.25, 0.3) is 0 Å². The standard InChI is InChI=1S/C19H25NO2/c1-2-21-19(12-13-20)14-16-8-10-18(11-9-16)22-15-17-6-4-3-5-7-17/h3-11,19H,2,12-15,20H2,1H3. The van der Waals surface area contributed by atoms with Crippen molar-refractivity contribution in [3.63, 3.8) is 0 Å². The molecule has 0 heterocycles. The minimum atomic E-state index is 0.200. The van der Waals surface area contributed by atoms with Crippen molar-refractivity contribution >= 4 is 0 Å². The van der Waals surface area contributed by atoms with Gasteiger partial charge in [-0.25, -0.2) is 0 Å². The van der Waals surface area contributed by atoms with E-state index >= 15 is 0 Å². The van der Waals surface area contributed by atoms with Crippen LogP contribution in [-0.2, 0) is 17.8 Å². The fraction of sp³-hybridized carbons (Fsp3) is 0.368. The van der Waals surface area contributed by atoms with E-state index in [1.54, 1.807) is 0 Å². The van der Waals surface area contributed by atoms with E-state index in [1.165, 1.54) is 11.1 Å². The van der Waals surface area contributed by atoms with Crippen LogP contribution in [0.4, 0.5) is 0 Å². The molecule has 0 radical (unpaired) electrons. The summed E-state index contributed by atoms with van der Waals surface area (Å²) in [5.74, 6) is 0.888. The quantitative estimate of drug-likeness (QED) is 0.770. The largest absolute Gasteiger partial charge is 0.489 e. The number of ether oxygens (including phenoxy) is 2. The normalized spacial score (nSPS) is 12.1. The van der Waals surface area contributed by atoms with Gasteiger partial charge in [0.2, 0.25) is 0 Å². The molecule has 2 aromatic rings. The molecule has 22 heavy (non-hydrogen) atoms. The summed E-state index contributed by atoms with van der Waals surface area (Å²) in [7, 11) is 0. The number of benzene rings is 2. The Balaban J connectivity index is 1.86. The predicted octanol–water partition coefficient (Wildman–Crippen LogP) is 3.56. The number of hydrogen-bond donors (Lipinski definition) is 1. The Labute approximate surface area is 133 Å². The van der Waals surface area contributed by atoms with Crippen molar-refractivity contribution in [3.8, 4) is 5.75 Å². The van der Waals surface area contributed by atoms with Gasteiger partial charge in [0, 0.05) is 6.61 Å². The van der Waals surface area contributed by atoms with Crippen LogP contribution in [0.3, 0.4) is 0 Å². The summed E-state index contributed by atoms with van der Waals surface area (Å²) in [4.78, 5) is 0. The fourth-order valence-corrected chi connectivity index (χ4v) is 2.39. The van der Waals surface area contributed by atoms with E-state index in [4.69, 9.17) is 15.2 Å². The molecule has 1 unspecified atom stereocenters. The van der Waals surface area contributed by atoms with Crippen molar-refractivity contribution < 1.29 is 9.47 Å². The summed E-state index contributed by atoms with van der Waals surface area (Å²) >= 11 is 0. The van der Waals surface area contributed by atoms with Crippen molar-refractivity contribution in [2.45, 2.75) is 32.5 Å². The molecular weight excluding hydrogens is 274 g/mol. The highest BCUT2D eigenvalue weighted by Gasteiger charge is 2.08. The van der Waals surface area contributed by atoms with E-state index < -0.39 is 0 Å². The molecule has 0 saturated carbocycles. The van der Waals surface area contributed by atoms with E-state index in [1.807, 2.05) is 37.3 Å². The first kappa shape index (κ1) is 16.5. The molecule has 2 rings (SSSR count). The minimum Gasteiger partial charge on any atom is -0.489 e. The third-order valence-electron chi connectivity index (χ3n) is 3.53. The van der Waals surface area contributed by atoms with Crippen LogP contribution in [0, 0.1) is 0 Å². The minimum absolute atomic E-state index is 0.200. The number of rotatable bonds is 9. The molecule has 3 heteroatoms. The van der Waals surface area contributed by atoms with E-state index in [2.05, 4.69) is 24.3 Å². The second-order valence-electron chi connectivity index (χ2n) is 5.28. The van der Waals surface area contributed by atoms with E-state index in [-0.39, 0.29) is 6.10 Å². The van der Waals surface area contributed by atoms with Crippen LogP contribution in [0.5, 0.6) is 5.75 Å². The molecule has 2 N–H and O–H groups in total. The monoisotopic (exact) mass is 299 g/mol. The van der Waals surface area contributed by atoms with Gasteiger partial charge in [0.1, 0.15) is 12.4 Å². The van der Waals surface area contributed by atoms with Gasteiger partial charge in [0.05, 0.1) is 6.10 Å². The van der Waals surface area contributed by atoms with Gasteiger partial charge in [-0.05, 0) is 49.6 Å². The van der Waals surface area contributed by atoms with Crippen LogP contribution < -0.4 is 10.5 Å². The zero-order valence-electron chi connectivity index (χ0n) is 13.2. The number of nitrogens with two attached hydrogens (primary N) is 1. The molecule has 0 saturated heterocycles. The average molecular weight is 299 g/mol. The first-order valence-corrected chi connectivity index (χ1v) is 7.89.